The second-order valence-corrected chi connectivity index (χ2v) is 7.58. The second-order valence-electron chi connectivity index (χ2n) is 6.49. The van der Waals surface area contributed by atoms with Crippen LogP contribution in [-0.2, 0) is 19.4 Å². The molecule has 7 nitrogen and oxygen atoms in total. The van der Waals surface area contributed by atoms with Gasteiger partial charge in [-0.05, 0) is 18.1 Å². The quantitative estimate of drug-likeness (QED) is 0.693. The lowest BCUT2D eigenvalue weighted by molar-refractivity contribution is 0.102. The number of nitrogens with zero attached hydrogens (tertiary/aromatic N) is 2. The summed E-state index contributed by atoms with van der Waals surface area (Å²) in [6, 6.07) is 11.6. The van der Waals surface area contributed by atoms with E-state index in [1.165, 1.54) is 29.4 Å². The topological polar surface area (TPSA) is 87.5 Å². The van der Waals surface area contributed by atoms with Crippen molar-refractivity contribution in [2.24, 2.45) is 0 Å². The third-order valence-corrected chi connectivity index (χ3v) is 5.55. The Hall–Kier alpha value is -3.13. The van der Waals surface area contributed by atoms with Crippen molar-refractivity contribution < 1.29 is 14.0 Å². The molecule has 0 saturated carbocycles. The molecule has 8 heteroatoms. The lowest BCUT2D eigenvalue weighted by atomic mass is 10.1. The first kappa shape index (κ1) is 18.2. The minimum atomic E-state index is -0.254. The number of hydrogen-bond acceptors (Lipinski definition) is 5. The number of hydrogen-bond donors (Lipinski definition) is 2. The first-order valence-electron chi connectivity index (χ1n) is 9.08. The number of nitrogens with one attached hydrogen (secondary N) is 2. The summed E-state index contributed by atoms with van der Waals surface area (Å²) in [6.07, 6.45) is 4.33. The van der Waals surface area contributed by atoms with Gasteiger partial charge in [-0.15, -0.1) is 0 Å². The second kappa shape index (κ2) is 8.26. The highest BCUT2D eigenvalue weighted by Gasteiger charge is 2.24. The van der Waals surface area contributed by atoms with Gasteiger partial charge in [0.1, 0.15) is 6.26 Å². The molecule has 4 rings (SSSR count). The van der Waals surface area contributed by atoms with Crippen molar-refractivity contribution in [3.63, 3.8) is 0 Å². The summed E-state index contributed by atoms with van der Waals surface area (Å²) in [5, 5.41) is 6.31. The maximum atomic E-state index is 12.5. The number of urea groups is 1. The molecule has 2 N–H and O–H groups in total. The van der Waals surface area contributed by atoms with Gasteiger partial charge in [0.2, 0.25) is 0 Å². The summed E-state index contributed by atoms with van der Waals surface area (Å²) in [7, 11) is 0. The molecule has 0 saturated heterocycles. The zero-order valence-corrected chi connectivity index (χ0v) is 16.0. The summed E-state index contributed by atoms with van der Waals surface area (Å²) in [6.45, 7) is 1.72. The average Bonchev–Trinajstić information content (AvgIpc) is 3.37. The van der Waals surface area contributed by atoms with Gasteiger partial charge in [0.15, 0.2) is 5.13 Å². The normalized spacial score (nSPS) is 13.1. The van der Waals surface area contributed by atoms with E-state index in [-0.39, 0.29) is 11.9 Å². The lowest BCUT2D eigenvalue weighted by Gasteiger charge is -2.26. The van der Waals surface area contributed by atoms with Gasteiger partial charge in [-0.1, -0.05) is 41.7 Å². The molecule has 144 valence electrons. The fraction of sp³-hybridized carbons (Fsp3) is 0.250. The molecule has 3 heterocycles. The van der Waals surface area contributed by atoms with E-state index in [0.29, 0.717) is 36.8 Å². The monoisotopic (exact) mass is 396 g/mol. The first-order chi connectivity index (χ1) is 13.7. The van der Waals surface area contributed by atoms with E-state index in [4.69, 9.17) is 4.42 Å². The zero-order chi connectivity index (χ0) is 19.3. The fourth-order valence-corrected chi connectivity index (χ4v) is 4.07. The molecule has 0 bridgehead atoms. The fourth-order valence-electron chi connectivity index (χ4n) is 3.06. The van der Waals surface area contributed by atoms with Gasteiger partial charge < -0.3 is 14.6 Å². The summed E-state index contributed by atoms with van der Waals surface area (Å²) < 4.78 is 4.93. The van der Waals surface area contributed by atoms with E-state index in [0.717, 1.165) is 17.0 Å². The Bertz CT molecular complexity index is 953. The van der Waals surface area contributed by atoms with Crippen LogP contribution in [0.3, 0.4) is 0 Å². The first-order valence-corrected chi connectivity index (χ1v) is 9.89. The molecule has 28 heavy (non-hydrogen) atoms. The maximum Gasteiger partial charge on any atom is 0.317 e. The van der Waals surface area contributed by atoms with Crippen molar-refractivity contribution >= 4 is 28.4 Å². The SMILES string of the molecule is O=C(Nc1nc2c(s1)CN(C(=O)NCCc1ccccc1)CC2)c1ccoc1. The predicted molar refractivity (Wildman–Crippen MR) is 106 cm³/mol. The van der Waals surface area contributed by atoms with Crippen molar-refractivity contribution in [2.45, 2.75) is 19.4 Å². The lowest BCUT2D eigenvalue weighted by Crippen LogP contribution is -2.43. The Morgan fingerprint density at radius 1 is 1.21 bits per heavy atom. The summed E-state index contributed by atoms with van der Waals surface area (Å²) in [5.74, 6) is -0.254. The summed E-state index contributed by atoms with van der Waals surface area (Å²) >= 11 is 1.41. The van der Waals surface area contributed by atoms with Gasteiger partial charge in [0.25, 0.3) is 5.91 Å². The average molecular weight is 396 g/mol. The Morgan fingerprint density at radius 3 is 2.86 bits per heavy atom. The van der Waals surface area contributed by atoms with Gasteiger partial charge in [-0.2, -0.15) is 0 Å². The Morgan fingerprint density at radius 2 is 2.07 bits per heavy atom. The number of rotatable bonds is 5. The molecule has 3 amide bonds. The van der Waals surface area contributed by atoms with Crippen molar-refractivity contribution in [1.82, 2.24) is 15.2 Å². The molecule has 0 unspecified atom stereocenters. The highest BCUT2D eigenvalue weighted by molar-refractivity contribution is 7.15. The van der Waals surface area contributed by atoms with Gasteiger partial charge in [0, 0.05) is 24.4 Å². The van der Waals surface area contributed by atoms with Gasteiger partial charge in [-0.25, -0.2) is 9.78 Å². The molecular formula is C20H20N4O3S. The van der Waals surface area contributed by atoms with E-state index < -0.39 is 0 Å². The van der Waals surface area contributed by atoms with Crippen LogP contribution in [0.4, 0.5) is 9.93 Å². The maximum absolute atomic E-state index is 12.5. The molecule has 0 aliphatic carbocycles. The molecule has 1 aromatic carbocycles. The van der Waals surface area contributed by atoms with Crippen LogP contribution in [-0.4, -0.2) is 34.9 Å². The van der Waals surface area contributed by atoms with Crippen molar-refractivity contribution in [3.05, 3.63) is 70.6 Å². The number of anilines is 1. The molecule has 0 radical (unpaired) electrons. The van der Waals surface area contributed by atoms with Crippen LogP contribution in [0, 0.1) is 0 Å². The van der Waals surface area contributed by atoms with Crippen molar-refractivity contribution in [2.75, 3.05) is 18.4 Å². The number of furan rings is 1. The summed E-state index contributed by atoms with van der Waals surface area (Å²) in [4.78, 5) is 31.9. The smallest absolute Gasteiger partial charge is 0.317 e. The number of fused-ring (bicyclic) bond motifs is 1. The van der Waals surface area contributed by atoms with Crippen LogP contribution in [0.25, 0.3) is 0 Å². The molecule has 0 fully saturated rings. The van der Waals surface area contributed by atoms with Crippen LogP contribution in [0.15, 0.2) is 53.3 Å². The Kier molecular flexibility index (Phi) is 5.38. The largest absolute Gasteiger partial charge is 0.472 e. The van der Waals surface area contributed by atoms with Crippen LogP contribution in [0.5, 0.6) is 0 Å². The highest BCUT2D eigenvalue weighted by atomic mass is 32.1. The van der Waals surface area contributed by atoms with Crippen LogP contribution in [0.1, 0.15) is 26.5 Å². The van der Waals surface area contributed by atoms with Crippen LogP contribution in [0.2, 0.25) is 0 Å². The van der Waals surface area contributed by atoms with E-state index in [1.807, 2.05) is 18.2 Å². The standard InChI is InChI=1S/C20H20N4O3S/c25-18(15-8-11-27-13-15)23-19-22-16-7-10-24(12-17(16)28-19)20(26)21-9-6-14-4-2-1-3-5-14/h1-5,8,11,13H,6-7,9-10,12H2,(H,21,26)(H,22,23,25). The van der Waals surface area contributed by atoms with Gasteiger partial charge in [0.05, 0.1) is 24.1 Å². The molecule has 0 atom stereocenters. The molecule has 1 aliphatic heterocycles. The predicted octanol–water partition coefficient (Wildman–Crippen LogP) is 3.30. The van der Waals surface area contributed by atoms with E-state index in [1.54, 1.807) is 11.0 Å². The molecule has 2 aromatic heterocycles. The number of thiazole rings is 1. The third kappa shape index (κ3) is 4.23. The summed E-state index contributed by atoms with van der Waals surface area (Å²) in [5.41, 5.74) is 2.60. The number of carbonyl (C=O) groups excluding carboxylic acids is 2. The number of amides is 3. The third-order valence-electron chi connectivity index (χ3n) is 4.56. The van der Waals surface area contributed by atoms with Crippen molar-refractivity contribution in [3.8, 4) is 0 Å². The minimum absolute atomic E-state index is 0.0704. The van der Waals surface area contributed by atoms with Crippen LogP contribution < -0.4 is 10.6 Å². The van der Waals surface area contributed by atoms with E-state index in [9.17, 15) is 9.59 Å². The Balaban J connectivity index is 1.31. The number of carbonyl (C=O) groups is 2. The number of benzene rings is 1. The minimum Gasteiger partial charge on any atom is -0.472 e. The van der Waals surface area contributed by atoms with Crippen molar-refractivity contribution in [1.29, 1.82) is 0 Å². The van der Waals surface area contributed by atoms with Gasteiger partial charge >= 0.3 is 6.03 Å². The number of aromatic nitrogens is 1. The molecule has 0 spiro atoms. The molecule has 1 aliphatic rings. The highest BCUT2D eigenvalue weighted by Crippen LogP contribution is 2.28. The zero-order valence-electron chi connectivity index (χ0n) is 15.2. The van der Waals surface area contributed by atoms with E-state index >= 15 is 0 Å². The van der Waals surface area contributed by atoms with Crippen LogP contribution >= 0.6 is 11.3 Å². The van der Waals surface area contributed by atoms with Gasteiger partial charge in [-0.3, -0.25) is 10.1 Å². The molecule has 3 aromatic rings. The van der Waals surface area contributed by atoms with E-state index in [2.05, 4.69) is 27.8 Å². The Labute approximate surface area is 166 Å². The molecular weight excluding hydrogens is 376 g/mol.